The number of hydrogen-bond donors (Lipinski definition) is 1. The number of nitrogens with zero attached hydrogens (tertiary/aromatic N) is 2. The second-order valence-corrected chi connectivity index (χ2v) is 5.49. The highest BCUT2D eigenvalue weighted by Crippen LogP contribution is 2.42. The van der Waals surface area contributed by atoms with Crippen LogP contribution < -0.4 is 10.1 Å². The fraction of sp³-hybridized carbons (Fsp3) is 0.333. The molecule has 1 aliphatic heterocycles. The van der Waals surface area contributed by atoms with Crippen molar-refractivity contribution in [3.8, 4) is 5.75 Å². The van der Waals surface area contributed by atoms with Gasteiger partial charge in [0.25, 0.3) is 0 Å². The predicted molar refractivity (Wildman–Crippen MR) is 74.9 cm³/mol. The molecule has 19 heavy (non-hydrogen) atoms. The molecule has 0 saturated heterocycles. The van der Waals surface area contributed by atoms with Gasteiger partial charge in [0.05, 0.1) is 11.9 Å². The highest BCUT2D eigenvalue weighted by atomic mass is 16.5. The fourth-order valence-electron chi connectivity index (χ4n) is 2.40. The second kappa shape index (κ2) is 4.23. The summed E-state index contributed by atoms with van der Waals surface area (Å²) in [7, 11) is 0. The quantitative estimate of drug-likeness (QED) is 0.895. The molecule has 0 radical (unpaired) electrons. The Morgan fingerprint density at radius 3 is 2.84 bits per heavy atom. The predicted octanol–water partition coefficient (Wildman–Crippen LogP) is 3.24. The van der Waals surface area contributed by atoms with Crippen LogP contribution >= 0.6 is 0 Å². The van der Waals surface area contributed by atoms with Crippen LogP contribution in [-0.2, 0) is 6.42 Å². The summed E-state index contributed by atoms with van der Waals surface area (Å²) in [6.07, 6.45) is 5.96. The van der Waals surface area contributed by atoms with Gasteiger partial charge in [0.2, 0.25) is 0 Å². The molecule has 2 heterocycles. The van der Waals surface area contributed by atoms with Gasteiger partial charge < -0.3 is 10.1 Å². The molecule has 0 bridgehead atoms. The van der Waals surface area contributed by atoms with Gasteiger partial charge in [-0.3, -0.25) is 4.98 Å². The number of aromatic nitrogens is 2. The topological polar surface area (TPSA) is 47.0 Å². The van der Waals surface area contributed by atoms with Crippen molar-refractivity contribution < 1.29 is 4.74 Å². The van der Waals surface area contributed by atoms with Gasteiger partial charge in [-0.15, -0.1) is 0 Å². The van der Waals surface area contributed by atoms with Crippen LogP contribution in [0.2, 0.25) is 0 Å². The van der Waals surface area contributed by atoms with E-state index in [4.69, 9.17) is 4.74 Å². The van der Waals surface area contributed by atoms with E-state index >= 15 is 0 Å². The minimum absolute atomic E-state index is 0.146. The lowest BCUT2D eigenvalue weighted by Gasteiger charge is -2.18. The maximum absolute atomic E-state index is 6.07. The number of fused-ring (bicyclic) bond motifs is 1. The van der Waals surface area contributed by atoms with Crippen molar-refractivity contribution in [3.05, 3.63) is 41.9 Å². The van der Waals surface area contributed by atoms with Crippen molar-refractivity contribution in [2.75, 3.05) is 5.32 Å². The zero-order valence-electron chi connectivity index (χ0n) is 11.4. The normalized spacial score (nSPS) is 15.7. The van der Waals surface area contributed by atoms with Gasteiger partial charge in [0.15, 0.2) is 0 Å². The second-order valence-electron chi connectivity index (χ2n) is 5.49. The number of anilines is 2. The largest absolute Gasteiger partial charge is 0.485 e. The lowest BCUT2D eigenvalue weighted by molar-refractivity contribution is 0.139. The van der Waals surface area contributed by atoms with Gasteiger partial charge in [-0.25, -0.2) is 4.98 Å². The van der Waals surface area contributed by atoms with Gasteiger partial charge >= 0.3 is 0 Å². The molecule has 0 spiro atoms. The van der Waals surface area contributed by atoms with Crippen LogP contribution in [0, 0.1) is 6.92 Å². The van der Waals surface area contributed by atoms with E-state index in [1.54, 1.807) is 18.6 Å². The molecule has 2 aromatic rings. The standard InChI is InChI=1S/C15H17N3O/c1-10-4-5-12(18-13-9-16-6-7-17-13)14-11(10)8-15(2,3)19-14/h4-7,9H,8H2,1-3H3,(H,17,18). The molecule has 1 aliphatic rings. The molecule has 98 valence electrons. The van der Waals surface area contributed by atoms with Gasteiger partial charge in [-0.2, -0.15) is 0 Å². The van der Waals surface area contributed by atoms with E-state index < -0.39 is 0 Å². The third kappa shape index (κ3) is 2.26. The van der Waals surface area contributed by atoms with E-state index in [0.717, 1.165) is 23.7 Å². The third-order valence-corrected chi connectivity index (χ3v) is 3.30. The molecule has 0 unspecified atom stereocenters. The Morgan fingerprint density at radius 2 is 2.11 bits per heavy atom. The van der Waals surface area contributed by atoms with Gasteiger partial charge in [-0.05, 0) is 32.4 Å². The summed E-state index contributed by atoms with van der Waals surface area (Å²) < 4.78 is 6.07. The number of benzene rings is 1. The Labute approximate surface area is 112 Å². The summed E-state index contributed by atoms with van der Waals surface area (Å²) in [5, 5.41) is 3.27. The van der Waals surface area contributed by atoms with Crippen molar-refractivity contribution in [1.82, 2.24) is 9.97 Å². The summed E-state index contributed by atoms with van der Waals surface area (Å²) in [5.74, 6) is 1.66. The third-order valence-electron chi connectivity index (χ3n) is 3.30. The summed E-state index contributed by atoms with van der Waals surface area (Å²) >= 11 is 0. The number of hydrogen-bond acceptors (Lipinski definition) is 4. The van der Waals surface area contributed by atoms with E-state index in [1.807, 2.05) is 6.07 Å². The van der Waals surface area contributed by atoms with Crippen molar-refractivity contribution in [2.45, 2.75) is 32.8 Å². The Balaban J connectivity index is 1.99. The molecule has 4 nitrogen and oxygen atoms in total. The molecule has 1 N–H and O–H groups in total. The lowest BCUT2D eigenvalue weighted by atomic mass is 9.98. The van der Waals surface area contributed by atoms with Crippen molar-refractivity contribution in [3.63, 3.8) is 0 Å². The van der Waals surface area contributed by atoms with E-state index in [1.165, 1.54) is 11.1 Å². The summed E-state index contributed by atoms with van der Waals surface area (Å²) in [6.45, 7) is 6.34. The van der Waals surface area contributed by atoms with E-state index in [-0.39, 0.29) is 5.60 Å². The van der Waals surface area contributed by atoms with Crippen molar-refractivity contribution in [2.24, 2.45) is 0 Å². The molecular weight excluding hydrogens is 238 g/mol. The van der Waals surface area contributed by atoms with Crippen LogP contribution in [0.3, 0.4) is 0 Å². The monoisotopic (exact) mass is 255 g/mol. The first kappa shape index (κ1) is 12.0. The maximum atomic E-state index is 6.07. The fourth-order valence-corrected chi connectivity index (χ4v) is 2.40. The summed E-state index contributed by atoms with van der Waals surface area (Å²) in [4.78, 5) is 8.28. The first-order chi connectivity index (χ1) is 9.05. The van der Waals surface area contributed by atoms with Gasteiger partial charge in [0.1, 0.15) is 17.2 Å². The van der Waals surface area contributed by atoms with Crippen LogP contribution in [0.1, 0.15) is 25.0 Å². The Kier molecular flexibility index (Phi) is 2.66. The molecule has 0 saturated carbocycles. The summed E-state index contributed by atoms with van der Waals surface area (Å²) in [5.41, 5.74) is 3.35. The van der Waals surface area contributed by atoms with E-state index in [2.05, 4.69) is 42.1 Å². The SMILES string of the molecule is Cc1ccc(Nc2cnccn2)c2c1CC(C)(C)O2. The first-order valence-electron chi connectivity index (χ1n) is 6.40. The minimum Gasteiger partial charge on any atom is -0.485 e. The first-order valence-corrected chi connectivity index (χ1v) is 6.40. The number of nitrogens with one attached hydrogen (secondary N) is 1. The van der Waals surface area contributed by atoms with Crippen LogP contribution in [0.25, 0.3) is 0 Å². The average Bonchev–Trinajstić information content (AvgIpc) is 2.71. The van der Waals surface area contributed by atoms with Crippen LogP contribution in [0.5, 0.6) is 5.75 Å². The number of aryl methyl sites for hydroxylation is 1. The zero-order chi connectivity index (χ0) is 13.5. The molecule has 3 rings (SSSR count). The number of ether oxygens (including phenoxy) is 1. The van der Waals surface area contributed by atoms with Gasteiger partial charge in [0, 0.05) is 24.4 Å². The smallest absolute Gasteiger partial charge is 0.148 e. The Hall–Kier alpha value is -2.10. The zero-order valence-corrected chi connectivity index (χ0v) is 11.4. The molecular formula is C15H17N3O. The van der Waals surface area contributed by atoms with Crippen LogP contribution in [0.15, 0.2) is 30.7 Å². The Morgan fingerprint density at radius 1 is 1.26 bits per heavy atom. The molecule has 0 fully saturated rings. The molecule has 1 aromatic heterocycles. The van der Waals surface area contributed by atoms with Crippen molar-refractivity contribution in [1.29, 1.82) is 0 Å². The molecule has 1 aromatic carbocycles. The lowest BCUT2D eigenvalue weighted by Crippen LogP contribution is -2.24. The number of rotatable bonds is 2. The van der Waals surface area contributed by atoms with Crippen LogP contribution in [0.4, 0.5) is 11.5 Å². The highest BCUT2D eigenvalue weighted by Gasteiger charge is 2.33. The van der Waals surface area contributed by atoms with Gasteiger partial charge in [-0.1, -0.05) is 6.07 Å². The van der Waals surface area contributed by atoms with E-state index in [9.17, 15) is 0 Å². The maximum Gasteiger partial charge on any atom is 0.148 e. The highest BCUT2D eigenvalue weighted by molar-refractivity contribution is 5.69. The molecule has 0 amide bonds. The molecule has 0 atom stereocenters. The molecule has 0 aliphatic carbocycles. The van der Waals surface area contributed by atoms with Crippen molar-refractivity contribution >= 4 is 11.5 Å². The Bertz CT molecular complexity index is 608. The average molecular weight is 255 g/mol. The van der Waals surface area contributed by atoms with Crippen LogP contribution in [-0.4, -0.2) is 15.6 Å². The minimum atomic E-state index is -0.146. The summed E-state index contributed by atoms with van der Waals surface area (Å²) in [6, 6.07) is 4.15. The van der Waals surface area contributed by atoms with E-state index in [0.29, 0.717) is 0 Å². The molecule has 4 heteroatoms.